The van der Waals surface area contributed by atoms with E-state index in [1.165, 1.54) is 0 Å². The van der Waals surface area contributed by atoms with Crippen LogP contribution in [0.1, 0.15) is 0 Å². The maximum atomic E-state index is 5.99. The lowest BCUT2D eigenvalue weighted by Gasteiger charge is -2.15. The van der Waals surface area contributed by atoms with E-state index in [1.54, 1.807) is 80.2 Å². The van der Waals surface area contributed by atoms with Crippen LogP contribution < -0.4 is 30.4 Å². The van der Waals surface area contributed by atoms with Gasteiger partial charge in [-0.05, 0) is 64.5 Å². The van der Waals surface area contributed by atoms with Crippen molar-refractivity contribution in [1.29, 1.82) is 0 Å². The zero-order valence-electron chi connectivity index (χ0n) is 23.5. The number of nitrogens with zero attached hydrogens (tertiary/aromatic N) is 6. The molecule has 43 heavy (non-hydrogen) atoms. The van der Waals surface area contributed by atoms with Crippen molar-refractivity contribution < 1.29 is 27.8 Å². The maximum Gasteiger partial charge on any atom is 0.227 e. The summed E-state index contributed by atoms with van der Waals surface area (Å²) in [5, 5.41) is 16.0. The second-order valence-electron chi connectivity index (χ2n) is 8.54. The van der Waals surface area contributed by atoms with Crippen molar-refractivity contribution in [2.45, 2.75) is 0 Å². The zero-order valence-corrected chi connectivity index (χ0v) is 25.1. The van der Waals surface area contributed by atoms with Crippen molar-refractivity contribution in [3.63, 3.8) is 0 Å². The minimum atomic E-state index is 0.199. The highest BCUT2D eigenvalue weighted by molar-refractivity contribution is 9.10. The number of para-hydroxylation sites is 2. The highest BCUT2D eigenvalue weighted by Gasteiger charge is 2.23. The summed E-state index contributed by atoms with van der Waals surface area (Å²) in [5.41, 5.74) is 13.2. The van der Waals surface area contributed by atoms with Crippen LogP contribution >= 0.6 is 15.9 Å². The normalized spacial score (nSPS) is 10.6. The summed E-state index contributed by atoms with van der Waals surface area (Å²) < 4.78 is 36.4. The summed E-state index contributed by atoms with van der Waals surface area (Å²) in [6.45, 7) is 0. The van der Waals surface area contributed by atoms with Gasteiger partial charge >= 0.3 is 0 Å². The van der Waals surface area contributed by atoms with Crippen LogP contribution in [-0.4, -0.2) is 58.0 Å². The number of aromatic nitrogens is 6. The Kier molecular flexibility index (Phi) is 8.52. The van der Waals surface area contributed by atoms with E-state index in [2.05, 4.69) is 36.3 Å². The Hall–Kier alpha value is -5.44. The van der Waals surface area contributed by atoms with Crippen molar-refractivity contribution in [3.8, 4) is 57.5 Å². The zero-order chi connectivity index (χ0) is 30.5. The number of benzene rings is 2. The molecular formula is C28H27BrN8O6. The smallest absolute Gasteiger partial charge is 0.227 e. The van der Waals surface area contributed by atoms with Gasteiger partial charge in [0, 0.05) is 0 Å². The molecule has 6 rings (SSSR count). The van der Waals surface area contributed by atoms with Gasteiger partial charge in [-0.15, -0.1) is 20.4 Å². The van der Waals surface area contributed by atoms with Crippen LogP contribution in [0, 0.1) is 0 Å². The average Bonchev–Trinajstić information content (AvgIpc) is 3.84. The summed E-state index contributed by atoms with van der Waals surface area (Å²) in [6, 6.07) is 18.0. The molecule has 14 nitrogen and oxygen atoms in total. The number of hydrogen-bond acceptors (Lipinski definition) is 12. The molecule has 0 aliphatic rings. The Morgan fingerprint density at radius 2 is 1.07 bits per heavy atom. The first-order chi connectivity index (χ1) is 20.9. The molecule has 6 aromatic rings. The van der Waals surface area contributed by atoms with Crippen molar-refractivity contribution >= 4 is 27.8 Å². The first-order valence-corrected chi connectivity index (χ1v) is 13.3. The summed E-state index contributed by atoms with van der Waals surface area (Å²) in [7, 11) is 6.29. The second kappa shape index (κ2) is 12.6. The van der Waals surface area contributed by atoms with E-state index in [-0.39, 0.29) is 11.9 Å². The Balaban J connectivity index is 0.000000171. The number of furan rings is 2. The SMILES string of the molecule is COc1cccc(OC)c1-n1c(N)nnc1-c1ccc(Br)o1.COc1cccc(OC)c1-n1c(N)nnc1-c1ccco1. The number of ether oxygens (including phenoxy) is 4. The predicted molar refractivity (Wildman–Crippen MR) is 161 cm³/mol. The van der Waals surface area contributed by atoms with Gasteiger partial charge in [-0.25, -0.2) is 0 Å². The third kappa shape index (κ3) is 5.57. The summed E-state index contributed by atoms with van der Waals surface area (Å²) in [4.78, 5) is 0. The topological polar surface area (TPSA) is 177 Å². The van der Waals surface area contributed by atoms with E-state index in [0.717, 1.165) is 0 Å². The largest absolute Gasteiger partial charge is 0.494 e. The molecule has 0 amide bonds. The second-order valence-corrected chi connectivity index (χ2v) is 9.32. The van der Waals surface area contributed by atoms with Gasteiger partial charge in [0.05, 0.1) is 34.7 Å². The van der Waals surface area contributed by atoms with Crippen LogP contribution in [0.25, 0.3) is 34.5 Å². The minimum Gasteiger partial charge on any atom is -0.494 e. The van der Waals surface area contributed by atoms with Gasteiger partial charge in [-0.3, -0.25) is 9.13 Å². The number of hydrogen-bond donors (Lipinski definition) is 2. The van der Waals surface area contributed by atoms with Gasteiger partial charge in [0.25, 0.3) is 0 Å². The Labute approximate surface area is 253 Å². The van der Waals surface area contributed by atoms with E-state index in [1.807, 2.05) is 24.3 Å². The highest BCUT2D eigenvalue weighted by atomic mass is 79.9. The van der Waals surface area contributed by atoms with E-state index in [9.17, 15) is 0 Å². The number of methoxy groups -OCH3 is 4. The molecule has 0 bridgehead atoms. The van der Waals surface area contributed by atoms with E-state index < -0.39 is 0 Å². The molecule has 4 heterocycles. The number of nitrogens with two attached hydrogens (primary N) is 2. The molecule has 0 radical (unpaired) electrons. The Morgan fingerprint density at radius 1 is 0.605 bits per heavy atom. The third-order valence-corrected chi connectivity index (χ3v) is 6.59. The van der Waals surface area contributed by atoms with Crippen LogP contribution in [0.2, 0.25) is 0 Å². The lowest BCUT2D eigenvalue weighted by atomic mass is 10.2. The highest BCUT2D eigenvalue weighted by Crippen LogP contribution is 2.38. The van der Waals surface area contributed by atoms with Crippen LogP contribution in [0.15, 0.2) is 80.4 Å². The van der Waals surface area contributed by atoms with Crippen LogP contribution in [0.4, 0.5) is 11.9 Å². The lowest BCUT2D eigenvalue weighted by Crippen LogP contribution is -2.06. The monoisotopic (exact) mass is 650 g/mol. The summed E-state index contributed by atoms with van der Waals surface area (Å²) in [5.74, 6) is 4.75. The van der Waals surface area contributed by atoms with Crippen LogP contribution in [0.5, 0.6) is 23.0 Å². The maximum absolute atomic E-state index is 5.99. The summed E-state index contributed by atoms with van der Waals surface area (Å²) >= 11 is 3.27. The Morgan fingerprint density at radius 3 is 1.44 bits per heavy atom. The van der Waals surface area contributed by atoms with Crippen LogP contribution in [0.3, 0.4) is 0 Å². The van der Waals surface area contributed by atoms with Gasteiger partial charge in [0.15, 0.2) is 16.2 Å². The van der Waals surface area contributed by atoms with Gasteiger partial charge in [-0.1, -0.05) is 12.1 Å². The third-order valence-electron chi connectivity index (χ3n) is 6.16. The number of nitrogen functional groups attached to an aromatic ring is 2. The predicted octanol–water partition coefficient (Wildman–Crippen LogP) is 5.02. The first kappa shape index (κ1) is 29.1. The lowest BCUT2D eigenvalue weighted by molar-refractivity contribution is 0.391. The Bertz CT molecular complexity index is 1780. The molecule has 4 N–H and O–H groups in total. The molecule has 0 aliphatic carbocycles. The number of halogens is 1. The molecule has 0 spiro atoms. The van der Waals surface area contributed by atoms with E-state index in [4.69, 9.17) is 39.2 Å². The fourth-order valence-electron chi connectivity index (χ4n) is 4.30. The first-order valence-electron chi connectivity index (χ1n) is 12.6. The van der Waals surface area contributed by atoms with Crippen molar-refractivity contribution in [3.05, 3.63) is 71.6 Å². The molecule has 2 aromatic carbocycles. The molecule has 0 saturated carbocycles. The summed E-state index contributed by atoms with van der Waals surface area (Å²) in [6.07, 6.45) is 1.56. The van der Waals surface area contributed by atoms with Gasteiger partial charge < -0.3 is 39.2 Å². The molecule has 0 fully saturated rings. The molecule has 0 saturated heterocycles. The fraction of sp³-hybridized carbons (Fsp3) is 0.143. The molecule has 0 unspecified atom stereocenters. The molecular weight excluding hydrogens is 624 g/mol. The van der Waals surface area contributed by atoms with Gasteiger partial charge in [-0.2, -0.15) is 0 Å². The molecule has 0 atom stereocenters. The molecule has 4 aromatic heterocycles. The van der Waals surface area contributed by atoms with Crippen molar-refractivity contribution in [1.82, 2.24) is 29.5 Å². The van der Waals surface area contributed by atoms with Gasteiger partial charge in [0.2, 0.25) is 23.5 Å². The minimum absolute atomic E-state index is 0.199. The van der Waals surface area contributed by atoms with E-state index in [0.29, 0.717) is 62.2 Å². The van der Waals surface area contributed by atoms with Crippen LogP contribution in [-0.2, 0) is 0 Å². The molecule has 0 aliphatic heterocycles. The molecule has 222 valence electrons. The quantitative estimate of drug-likeness (QED) is 0.225. The van der Waals surface area contributed by atoms with E-state index >= 15 is 0 Å². The number of anilines is 2. The van der Waals surface area contributed by atoms with Crippen molar-refractivity contribution in [2.24, 2.45) is 0 Å². The number of rotatable bonds is 8. The molecule has 15 heteroatoms. The van der Waals surface area contributed by atoms with Gasteiger partial charge in [0.1, 0.15) is 34.4 Å². The standard InChI is InChI=1S/C14H13BrN4O3.C14H14N4O3/c1-20-8-4-3-5-9(21-2)12(8)19-13(17-18-14(19)16)10-6-7-11(15)22-10;1-19-9-5-3-6-10(20-2)12(9)18-13(16-17-14(18)15)11-7-4-8-21-11/h3-7H,1-2H3,(H2,16,18);3-8H,1-2H3,(H2,15,17). The van der Waals surface area contributed by atoms with Crippen molar-refractivity contribution in [2.75, 3.05) is 39.9 Å². The fourth-order valence-corrected chi connectivity index (χ4v) is 4.60. The average molecular weight is 651 g/mol.